The molecule has 0 bridgehead atoms. The first-order valence-electron chi connectivity index (χ1n) is 6.67. The molecular formula is C13H21NO3. The summed E-state index contributed by atoms with van der Waals surface area (Å²) in [6, 6.07) is 0.272. The first kappa shape index (κ1) is 12.4. The second kappa shape index (κ2) is 5.52. The summed E-state index contributed by atoms with van der Waals surface area (Å²) in [5, 5.41) is 3.08. The summed E-state index contributed by atoms with van der Waals surface area (Å²) in [4.78, 5) is 23.1. The minimum Gasteiger partial charge on any atom is -0.466 e. The van der Waals surface area contributed by atoms with Crippen molar-refractivity contribution in [3.63, 3.8) is 0 Å². The van der Waals surface area contributed by atoms with Crippen molar-refractivity contribution in [1.29, 1.82) is 0 Å². The molecule has 2 fully saturated rings. The highest BCUT2D eigenvalue weighted by Gasteiger charge is 2.33. The molecule has 1 amide bonds. The number of rotatable bonds is 4. The van der Waals surface area contributed by atoms with E-state index in [2.05, 4.69) is 5.32 Å². The van der Waals surface area contributed by atoms with Gasteiger partial charge in [-0.1, -0.05) is 0 Å². The second-order valence-electron chi connectivity index (χ2n) is 5.08. The van der Waals surface area contributed by atoms with Gasteiger partial charge in [0.1, 0.15) is 0 Å². The minimum atomic E-state index is -0.0699. The van der Waals surface area contributed by atoms with Crippen LogP contribution in [0.4, 0.5) is 0 Å². The van der Waals surface area contributed by atoms with Crippen LogP contribution in [0.2, 0.25) is 0 Å². The Morgan fingerprint density at radius 3 is 2.18 bits per heavy atom. The van der Waals surface area contributed by atoms with Crippen molar-refractivity contribution in [2.45, 2.75) is 51.5 Å². The number of hydrogen-bond acceptors (Lipinski definition) is 3. The fourth-order valence-corrected chi connectivity index (χ4v) is 2.40. The van der Waals surface area contributed by atoms with E-state index in [-0.39, 0.29) is 29.8 Å². The highest BCUT2D eigenvalue weighted by Crippen LogP contribution is 2.30. The molecule has 96 valence electrons. The molecule has 0 spiro atoms. The number of hydrogen-bond donors (Lipinski definition) is 1. The SMILES string of the molecule is CCOC(=O)C1CCC(NC(=O)C2CC2)CC1. The van der Waals surface area contributed by atoms with Gasteiger partial charge in [0.2, 0.25) is 5.91 Å². The quantitative estimate of drug-likeness (QED) is 0.759. The lowest BCUT2D eigenvalue weighted by Gasteiger charge is -2.27. The van der Waals surface area contributed by atoms with E-state index < -0.39 is 0 Å². The lowest BCUT2D eigenvalue weighted by atomic mass is 9.86. The van der Waals surface area contributed by atoms with Gasteiger partial charge in [-0.05, 0) is 45.4 Å². The van der Waals surface area contributed by atoms with Crippen LogP contribution in [0.25, 0.3) is 0 Å². The van der Waals surface area contributed by atoms with E-state index in [9.17, 15) is 9.59 Å². The zero-order valence-corrected chi connectivity index (χ0v) is 10.4. The van der Waals surface area contributed by atoms with Gasteiger partial charge < -0.3 is 10.1 Å². The van der Waals surface area contributed by atoms with Gasteiger partial charge in [0.15, 0.2) is 0 Å². The molecule has 4 nitrogen and oxygen atoms in total. The van der Waals surface area contributed by atoms with Gasteiger partial charge in [-0.25, -0.2) is 0 Å². The minimum absolute atomic E-state index is 0.0454. The van der Waals surface area contributed by atoms with Crippen molar-refractivity contribution in [1.82, 2.24) is 5.32 Å². The Bertz CT molecular complexity index is 291. The fraction of sp³-hybridized carbons (Fsp3) is 0.846. The molecule has 2 aliphatic rings. The van der Waals surface area contributed by atoms with E-state index in [1.165, 1.54) is 0 Å². The topological polar surface area (TPSA) is 55.4 Å². The van der Waals surface area contributed by atoms with E-state index in [4.69, 9.17) is 4.74 Å². The maximum absolute atomic E-state index is 11.6. The number of carbonyl (C=O) groups is 2. The Labute approximate surface area is 102 Å². The third kappa shape index (κ3) is 3.45. The summed E-state index contributed by atoms with van der Waals surface area (Å²) in [7, 11) is 0. The van der Waals surface area contributed by atoms with Crippen molar-refractivity contribution in [2.75, 3.05) is 6.61 Å². The molecule has 17 heavy (non-hydrogen) atoms. The number of amides is 1. The highest BCUT2D eigenvalue weighted by atomic mass is 16.5. The molecule has 2 aliphatic carbocycles. The van der Waals surface area contributed by atoms with Gasteiger partial charge in [0.25, 0.3) is 0 Å². The number of carbonyl (C=O) groups excluding carboxylic acids is 2. The van der Waals surface area contributed by atoms with Crippen LogP contribution >= 0.6 is 0 Å². The van der Waals surface area contributed by atoms with Crippen LogP contribution in [-0.4, -0.2) is 24.5 Å². The predicted molar refractivity (Wildman–Crippen MR) is 63.2 cm³/mol. The number of nitrogens with one attached hydrogen (secondary N) is 1. The standard InChI is InChI=1S/C13H21NO3/c1-2-17-13(16)10-5-7-11(8-6-10)14-12(15)9-3-4-9/h9-11H,2-8H2,1H3,(H,14,15). The van der Waals surface area contributed by atoms with E-state index in [0.717, 1.165) is 38.5 Å². The molecule has 0 saturated heterocycles. The summed E-state index contributed by atoms with van der Waals surface area (Å²) in [6.45, 7) is 2.29. The second-order valence-corrected chi connectivity index (χ2v) is 5.08. The first-order chi connectivity index (χ1) is 8.20. The van der Waals surface area contributed by atoms with Gasteiger partial charge in [0.05, 0.1) is 12.5 Å². The van der Waals surface area contributed by atoms with E-state index >= 15 is 0 Å². The van der Waals surface area contributed by atoms with Crippen LogP contribution in [0.15, 0.2) is 0 Å². The number of esters is 1. The molecule has 0 aromatic carbocycles. The Morgan fingerprint density at radius 2 is 1.65 bits per heavy atom. The Morgan fingerprint density at radius 1 is 1.06 bits per heavy atom. The molecular weight excluding hydrogens is 218 g/mol. The molecule has 0 heterocycles. The van der Waals surface area contributed by atoms with Crippen molar-refractivity contribution in [2.24, 2.45) is 11.8 Å². The molecule has 1 N–H and O–H groups in total. The lowest BCUT2D eigenvalue weighted by molar-refractivity contribution is -0.149. The van der Waals surface area contributed by atoms with Gasteiger partial charge in [-0.3, -0.25) is 9.59 Å². The van der Waals surface area contributed by atoms with Crippen LogP contribution in [0.1, 0.15) is 45.4 Å². The fourth-order valence-electron chi connectivity index (χ4n) is 2.40. The van der Waals surface area contributed by atoms with Gasteiger partial charge in [0, 0.05) is 12.0 Å². The molecule has 4 heteroatoms. The van der Waals surface area contributed by atoms with Gasteiger partial charge in [-0.15, -0.1) is 0 Å². The van der Waals surface area contributed by atoms with Crippen molar-refractivity contribution < 1.29 is 14.3 Å². The van der Waals surface area contributed by atoms with Crippen LogP contribution in [0.5, 0.6) is 0 Å². The average Bonchev–Trinajstić information content (AvgIpc) is 3.14. The third-order valence-electron chi connectivity index (χ3n) is 3.64. The molecule has 0 aromatic heterocycles. The maximum Gasteiger partial charge on any atom is 0.308 e. The summed E-state index contributed by atoms with van der Waals surface area (Å²) >= 11 is 0. The summed E-state index contributed by atoms with van der Waals surface area (Å²) in [5.41, 5.74) is 0. The predicted octanol–water partition coefficient (Wildman–Crippen LogP) is 1.63. The Hall–Kier alpha value is -1.06. The zero-order chi connectivity index (χ0) is 12.3. The highest BCUT2D eigenvalue weighted by molar-refractivity contribution is 5.81. The first-order valence-corrected chi connectivity index (χ1v) is 6.67. The lowest BCUT2D eigenvalue weighted by Crippen LogP contribution is -2.39. The Kier molecular flexibility index (Phi) is 4.02. The van der Waals surface area contributed by atoms with Crippen molar-refractivity contribution >= 4 is 11.9 Å². The monoisotopic (exact) mass is 239 g/mol. The Balaban J connectivity index is 1.70. The van der Waals surface area contributed by atoms with Crippen molar-refractivity contribution in [3.8, 4) is 0 Å². The van der Waals surface area contributed by atoms with E-state index in [1.807, 2.05) is 6.92 Å². The van der Waals surface area contributed by atoms with Gasteiger partial charge in [-0.2, -0.15) is 0 Å². The molecule has 0 aromatic rings. The maximum atomic E-state index is 11.6. The van der Waals surface area contributed by atoms with Crippen LogP contribution in [0.3, 0.4) is 0 Å². The van der Waals surface area contributed by atoms with Crippen molar-refractivity contribution in [3.05, 3.63) is 0 Å². The largest absolute Gasteiger partial charge is 0.466 e. The molecule has 0 radical (unpaired) electrons. The normalized spacial score (nSPS) is 28.5. The molecule has 2 rings (SSSR count). The molecule has 2 saturated carbocycles. The third-order valence-corrected chi connectivity index (χ3v) is 3.64. The summed E-state index contributed by atoms with van der Waals surface area (Å²) < 4.78 is 5.02. The number of ether oxygens (including phenoxy) is 1. The van der Waals surface area contributed by atoms with Crippen LogP contribution in [-0.2, 0) is 14.3 Å². The van der Waals surface area contributed by atoms with E-state index in [1.54, 1.807) is 0 Å². The molecule has 0 atom stereocenters. The van der Waals surface area contributed by atoms with Gasteiger partial charge >= 0.3 is 5.97 Å². The molecule has 0 aliphatic heterocycles. The van der Waals surface area contributed by atoms with E-state index in [0.29, 0.717) is 6.61 Å². The summed E-state index contributed by atoms with van der Waals surface area (Å²) in [6.07, 6.45) is 5.58. The van der Waals surface area contributed by atoms with Crippen LogP contribution < -0.4 is 5.32 Å². The smallest absolute Gasteiger partial charge is 0.308 e. The molecule has 0 unspecified atom stereocenters. The summed E-state index contributed by atoms with van der Waals surface area (Å²) in [5.74, 6) is 0.464. The zero-order valence-electron chi connectivity index (χ0n) is 10.4. The van der Waals surface area contributed by atoms with Crippen LogP contribution in [0, 0.1) is 11.8 Å². The average molecular weight is 239 g/mol.